The van der Waals surface area contributed by atoms with E-state index in [0.717, 1.165) is 0 Å². The first-order chi connectivity index (χ1) is 10.6. The minimum Gasteiger partial charge on any atom is -0.264 e. The first-order valence-corrected chi connectivity index (χ1v) is 6.59. The number of hydrogen-bond acceptors (Lipinski definition) is 2. The van der Waals surface area contributed by atoms with Crippen LogP contribution in [0.1, 0.15) is 5.56 Å². The minimum absolute atomic E-state index is 0.109. The third-order valence-electron chi connectivity index (χ3n) is 3.25. The summed E-state index contributed by atoms with van der Waals surface area (Å²) in [5, 5.41) is 0. The van der Waals surface area contributed by atoms with Gasteiger partial charge >= 0.3 is 6.18 Å². The molecule has 0 amide bonds. The zero-order valence-electron chi connectivity index (χ0n) is 11.4. The average Bonchev–Trinajstić information content (AvgIpc) is 2.55. The van der Waals surface area contributed by atoms with Gasteiger partial charge in [-0.3, -0.25) is 9.97 Å². The highest BCUT2D eigenvalue weighted by Gasteiger charge is 2.37. The van der Waals surface area contributed by atoms with Gasteiger partial charge in [-0.25, -0.2) is 0 Å². The maximum absolute atomic E-state index is 13.6. The van der Waals surface area contributed by atoms with Crippen molar-refractivity contribution in [1.29, 1.82) is 0 Å². The van der Waals surface area contributed by atoms with Gasteiger partial charge in [-0.1, -0.05) is 30.3 Å². The lowest BCUT2D eigenvalue weighted by atomic mass is 9.96. The van der Waals surface area contributed by atoms with Gasteiger partial charge in [0, 0.05) is 24.2 Å². The molecule has 1 aromatic carbocycles. The number of pyridine rings is 2. The molecule has 0 unspecified atom stereocenters. The van der Waals surface area contributed by atoms with Gasteiger partial charge in [-0.15, -0.1) is 0 Å². The molecule has 0 saturated carbocycles. The fraction of sp³-hybridized carbons (Fsp3) is 0.0588. The number of alkyl halides is 3. The Morgan fingerprint density at radius 2 is 1.50 bits per heavy atom. The molecule has 0 fully saturated rings. The lowest BCUT2D eigenvalue weighted by molar-refractivity contribution is -0.136. The summed E-state index contributed by atoms with van der Waals surface area (Å²) >= 11 is 0. The van der Waals surface area contributed by atoms with Crippen LogP contribution in [-0.2, 0) is 6.18 Å². The van der Waals surface area contributed by atoms with Gasteiger partial charge in [0.25, 0.3) is 0 Å². The predicted molar refractivity (Wildman–Crippen MR) is 77.9 cm³/mol. The summed E-state index contributed by atoms with van der Waals surface area (Å²) in [5.74, 6) is 0. The summed E-state index contributed by atoms with van der Waals surface area (Å²) in [5.41, 5.74) is 0.105. The number of halogens is 3. The van der Waals surface area contributed by atoms with Crippen molar-refractivity contribution in [3.05, 3.63) is 72.7 Å². The Balaban J connectivity index is 2.29. The van der Waals surface area contributed by atoms with E-state index >= 15 is 0 Å². The molecule has 2 aromatic heterocycles. The molecule has 110 valence electrons. The van der Waals surface area contributed by atoms with Crippen molar-refractivity contribution in [2.45, 2.75) is 6.18 Å². The van der Waals surface area contributed by atoms with E-state index in [1.807, 2.05) is 0 Å². The highest BCUT2D eigenvalue weighted by molar-refractivity contribution is 5.76. The van der Waals surface area contributed by atoms with E-state index < -0.39 is 11.7 Å². The zero-order chi connectivity index (χ0) is 15.6. The van der Waals surface area contributed by atoms with Crippen LogP contribution in [0, 0.1) is 0 Å². The summed E-state index contributed by atoms with van der Waals surface area (Å²) in [6.45, 7) is 0. The van der Waals surface area contributed by atoms with Crippen molar-refractivity contribution >= 4 is 0 Å². The maximum Gasteiger partial charge on any atom is 0.419 e. The first-order valence-electron chi connectivity index (χ1n) is 6.59. The molecule has 0 spiro atoms. The SMILES string of the molecule is FC(F)(F)c1c(-c2ccccc2)ccnc1-c1cccnc1. The Morgan fingerprint density at radius 3 is 2.14 bits per heavy atom. The van der Waals surface area contributed by atoms with Crippen LogP contribution in [0.4, 0.5) is 13.2 Å². The fourth-order valence-electron chi connectivity index (χ4n) is 2.33. The zero-order valence-corrected chi connectivity index (χ0v) is 11.4. The van der Waals surface area contributed by atoms with E-state index in [4.69, 9.17) is 0 Å². The van der Waals surface area contributed by atoms with Crippen LogP contribution >= 0.6 is 0 Å². The second-order valence-corrected chi connectivity index (χ2v) is 4.69. The third kappa shape index (κ3) is 2.70. The Morgan fingerprint density at radius 1 is 0.773 bits per heavy atom. The van der Waals surface area contributed by atoms with Crippen molar-refractivity contribution in [2.75, 3.05) is 0 Å². The number of hydrogen-bond donors (Lipinski definition) is 0. The monoisotopic (exact) mass is 300 g/mol. The van der Waals surface area contributed by atoms with E-state index in [0.29, 0.717) is 11.1 Å². The molecule has 0 aliphatic rings. The minimum atomic E-state index is -4.51. The van der Waals surface area contributed by atoms with Crippen molar-refractivity contribution in [1.82, 2.24) is 9.97 Å². The quantitative estimate of drug-likeness (QED) is 0.677. The van der Waals surface area contributed by atoms with E-state index in [9.17, 15) is 13.2 Å². The summed E-state index contributed by atoms with van der Waals surface area (Å²) in [4.78, 5) is 7.82. The van der Waals surface area contributed by atoms with Gasteiger partial charge in [0.05, 0.1) is 11.3 Å². The fourth-order valence-corrected chi connectivity index (χ4v) is 2.33. The Kier molecular flexibility index (Phi) is 3.63. The molecule has 0 aliphatic heterocycles. The summed E-state index contributed by atoms with van der Waals surface area (Å²) in [7, 11) is 0. The Hall–Kier alpha value is -2.69. The van der Waals surface area contributed by atoms with Crippen LogP contribution in [0.25, 0.3) is 22.4 Å². The average molecular weight is 300 g/mol. The van der Waals surface area contributed by atoms with Gasteiger partial charge in [-0.05, 0) is 29.3 Å². The van der Waals surface area contributed by atoms with Crippen LogP contribution in [-0.4, -0.2) is 9.97 Å². The predicted octanol–water partition coefficient (Wildman–Crippen LogP) is 4.83. The van der Waals surface area contributed by atoms with E-state index in [1.165, 1.54) is 24.7 Å². The normalized spacial score (nSPS) is 11.4. The molecule has 0 aliphatic carbocycles. The molecule has 0 N–H and O–H groups in total. The first kappa shape index (κ1) is 14.3. The molecule has 0 bridgehead atoms. The van der Waals surface area contributed by atoms with E-state index in [-0.39, 0.29) is 11.3 Å². The molecule has 0 saturated heterocycles. The van der Waals surface area contributed by atoms with Gasteiger partial charge in [0.1, 0.15) is 0 Å². The Bertz CT molecular complexity index is 711. The highest BCUT2D eigenvalue weighted by atomic mass is 19.4. The number of aromatic nitrogens is 2. The summed E-state index contributed by atoms with van der Waals surface area (Å²) in [6.07, 6.45) is -0.228. The topological polar surface area (TPSA) is 25.8 Å². The van der Waals surface area contributed by atoms with E-state index in [1.54, 1.807) is 42.5 Å². The molecule has 3 rings (SSSR count). The molecule has 22 heavy (non-hydrogen) atoms. The van der Waals surface area contributed by atoms with Gasteiger partial charge in [-0.2, -0.15) is 13.2 Å². The van der Waals surface area contributed by atoms with Crippen molar-refractivity contribution < 1.29 is 13.2 Å². The number of benzene rings is 1. The van der Waals surface area contributed by atoms with Gasteiger partial charge in [0.15, 0.2) is 0 Å². The van der Waals surface area contributed by atoms with Crippen LogP contribution in [0.3, 0.4) is 0 Å². The molecule has 2 nitrogen and oxygen atoms in total. The molecule has 5 heteroatoms. The van der Waals surface area contributed by atoms with Crippen LogP contribution in [0.5, 0.6) is 0 Å². The third-order valence-corrected chi connectivity index (χ3v) is 3.25. The van der Waals surface area contributed by atoms with Crippen molar-refractivity contribution in [2.24, 2.45) is 0 Å². The number of nitrogens with zero attached hydrogens (tertiary/aromatic N) is 2. The largest absolute Gasteiger partial charge is 0.419 e. The summed E-state index contributed by atoms with van der Waals surface area (Å²) < 4.78 is 40.9. The molecule has 2 heterocycles. The lowest BCUT2D eigenvalue weighted by Crippen LogP contribution is -2.11. The molecular weight excluding hydrogens is 289 g/mol. The van der Waals surface area contributed by atoms with Gasteiger partial charge in [0.2, 0.25) is 0 Å². The Labute approximate surface area is 125 Å². The second kappa shape index (κ2) is 5.60. The standard InChI is InChI=1S/C17H11F3N2/c18-17(19,20)15-14(12-5-2-1-3-6-12)8-10-22-16(15)13-7-4-9-21-11-13/h1-11H. The van der Waals surface area contributed by atoms with Crippen LogP contribution in [0.15, 0.2) is 67.1 Å². The van der Waals surface area contributed by atoms with E-state index in [2.05, 4.69) is 9.97 Å². The maximum atomic E-state index is 13.6. The number of rotatable bonds is 2. The van der Waals surface area contributed by atoms with Crippen molar-refractivity contribution in [3.63, 3.8) is 0 Å². The lowest BCUT2D eigenvalue weighted by Gasteiger charge is -2.16. The summed E-state index contributed by atoms with van der Waals surface area (Å²) in [6, 6.07) is 13.0. The van der Waals surface area contributed by atoms with Crippen LogP contribution < -0.4 is 0 Å². The smallest absolute Gasteiger partial charge is 0.264 e. The van der Waals surface area contributed by atoms with Crippen molar-refractivity contribution in [3.8, 4) is 22.4 Å². The molecular formula is C17H11F3N2. The molecule has 0 radical (unpaired) electrons. The molecule has 3 aromatic rings. The molecule has 0 atom stereocenters. The van der Waals surface area contributed by atoms with Gasteiger partial charge < -0.3 is 0 Å². The van der Waals surface area contributed by atoms with Crippen LogP contribution in [0.2, 0.25) is 0 Å². The second-order valence-electron chi connectivity index (χ2n) is 4.69. The highest BCUT2D eigenvalue weighted by Crippen LogP contribution is 2.41.